The molecule has 3 aromatic rings. The van der Waals surface area contributed by atoms with Crippen LogP contribution in [0.25, 0.3) is 11.3 Å². The molecule has 0 bridgehead atoms. The highest BCUT2D eigenvalue weighted by molar-refractivity contribution is 7.07. The van der Waals surface area contributed by atoms with Gasteiger partial charge in [0.2, 0.25) is 4.80 Å². The molecule has 0 atom stereocenters. The van der Waals surface area contributed by atoms with Gasteiger partial charge in [0.1, 0.15) is 0 Å². The number of thiazole rings is 1. The van der Waals surface area contributed by atoms with Crippen LogP contribution in [0.2, 0.25) is 5.02 Å². The third kappa shape index (κ3) is 4.27. The first-order chi connectivity index (χ1) is 12.2. The van der Waals surface area contributed by atoms with Crippen molar-refractivity contribution in [1.82, 2.24) is 4.68 Å². The molecule has 0 unspecified atom stereocenters. The number of aryl methyl sites for hydroxylation is 1. The van der Waals surface area contributed by atoms with Crippen LogP contribution >= 0.6 is 22.9 Å². The fourth-order valence-electron chi connectivity index (χ4n) is 2.44. The molecule has 1 aromatic heterocycles. The van der Waals surface area contributed by atoms with E-state index in [0.717, 1.165) is 39.6 Å². The molecule has 0 spiro atoms. The smallest absolute Gasteiger partial charge is 0.206 e. The summed E-state index contributed by atoms with van der Waals surface area (Å²) < 4.78 is 1.89. The maximum absolute atomic E-state index is 6.01. The zero-order valence-electron chi connectivity index (χ0n) is 14.3. The fourth-order valence-corrected chi connectivity index (χ4v) is 3.47. The molecule has 0 aliphatic carbocycles. The lowest BCUT2D eigenvalue weighted by atomic mass is 10.1. The van der Waals surface area contributed by atoms with E-state index >= 15 is 0 Å². The van der Waals surface area contributed by atoms with E-state index in [1.54, 1.807) is 11.3 Å². The molecule has 0 fully saturated rings. The van der Waals surface area contributed by atoms with Crippen LogP contribution < -0.4 is 4.80 Å². The van der Waals surface area contributed by atoms with Crippen molar-refractivity contribution < 1.29 is 0 Å². The monoisotopic (exact) mass is 369 g/mol. The Balaban J connectivity index is 2.00. The Morgan fingerprint density at radius 1 is 1.04 bits per heavy atom. The quantitative estimate of drug-likeness (QED) is 0.551. The van der Waals surface area contributed by atoms with E-state index in [2.05, 4.69) is 46.7 Å². The molecule has 0 radical (unpaired) electrons. The molecule has 0 N–H and O–H groups in total. The van der Waals surface area contributed by atoms with Gasteiger partial charge in [-0.2, -0.15) is 5.10 Å². The minimum absolute atomic E-state index is 0.724. The van der Waals surface area contributed by atoms with Crippen LogP contribution in [-0.4, -0.2) is 17.4 Å². The van der Waals surface area contributed by atoms with E-state index in [1.807, 2.05) is 42.1 Å². The number of hydrogen-bond donors (Lipinski definition) is 0. The van der Waals surface area contributed by atoms with Crippen molar-refractivity contribution in [2.24, 2.45) is 10.1 Å². The average molecular weight is 370 g/mol. The van der Waals surface area contributed by atoms with Crippen LogP contribution in [0.5, 0.6) is 0 Å². The van der Waals surface area contributed by atoms with E-state index in [4.69, 9.17) is 11.6 Å². The standard InChI is InChI=1S/C20H20ClN3S/c1-3-15-5-7-16(8-6-15)13-23-24-19(14-25-20(24)22-4-2)17-9-11-18(21)12-10-17/h5-14H,3-4H2,1-2H3. The van der Waals surface area contributed by atoms with Crippen LogP contribution in [0, 0.1) is 0 Å². The predicted molar refractivity (Wildman–Crippen MR) is 108 cm³/mol. The van der Waals surface area contributed by atoms with Crippen molar-refractivity contribution >= 4 is 29.2 Å². The first-order valence-corrected chi connectivity index (χ1v) is 9.57. The van der Waals surface area contributed by atoms with Crippen molar-refractivity contribution in [1.29, 1.82) is 0 Å². The van der Waals surface area contributed by atoms with E-state index in [1.165, 1.54) is 5.56 Å². The summed E-state index contributed by atoms with van der Waals surface area (Å²) in [6.07, 6.45) is 2.91. The summed E-state index contributed by atoms with van der Waals surface area (Å²) in [5, 5.41) is 7.49. The average Bonchev–Trinajstić information content (AvgIpc) is 3.04. The molecule has 3 nitrogen and oxygen atoms in total. The molecule has 0 saturated heterocycles. The van der Waals surface area contributed by atoms with Gasteiger partial charge in [-0.3, -0.25) is 4.99 Å². The van der Waals surface area contributed by atoms with Crippen molar-refractivity contribution in [2.75, 3.05) is 6.54 Å². The molecule has 5 heteroatoms. The minimum atomic E-state index is 0.724. The summed E-state index contributed by atoms with van der Waals surface area (Å²) in [5.74, 6) is 0. The molecule has 0 amide bonds. The topological polar surface area (TPSA) is 29.6 Å². The molecule has 0 aliphatic heterocycles. The van der Waals surface area contributed by atoms with Crippen LogP contribution in [0.4, 0.5) is 0 Å². The Morgan fingerprint density at radius 2 is 1.76 bits per heavy atom. The maximum Gasteiger partial charge on any atom is 0.206 e. The van der Waals surface area contributed by atoms with E-state index < -0.39 is 0 Å². The second-order valence-corrected chi connectivity index (χ2v) is 6.81. The highest BCUT2D eigenvalue weighted by Gasteiger charge is 2.07. The SMILES string of the molecule is CCN=c1scc(-c2ccc(Cl)cc2)n1N=Cc1ccc(CC)cc1. The number of nitrogens with zero attached hydrogens (tertiary/aromatic N) is 3. The number of halogens is 1. The lowest BCUT2D eigenvalue weighted by molar-refractivity contribution is 0.833. The zero-order valence-corrected chi connectivity index (χ0v) is 15.9. The van der Waals surface area contributed by atoms with Crippen molar-refractivity contribution in [2.45, 2.75) is 20.3 Å². The van der Waals surface area contributed by atoms with Gasteiger partial charge in [-0.25, -0.2) is 4.68 Å². The summed E-state index contributed by atoms with van der Waals surface area (Å²) >= 11 is 7.60. The van der Waals surface area contributed by atoms with Gasteiger partial charge in [-0.1, -0.05) is 54.9 Å². The molecule has 128 valence electrons. The highest BCUT2D eigenvalue weighted by Crippen LogP contribution is 2.22. The Kier molecular flexibility index (Phi) is 5.84. The van der Waals surface area contributed by atoms with Crippen LogP contribution in [0.15, 0.2) is 64.0 Å². The van der Waals surface area contributed by atoms with Crippen molar-refractivity contribution in [3.63, 3.8) is 0 Å². The molecule has 3 rings (SSSR count). The van der Waals surface area contributed by atoms with Gasteiger partial charge < -0.3 is 0 Å². The minimum Gasteiger partial charge on any atom is -0.258 e. The maximum atomic E-state index is 6.01. The van der Waals surface area contributed by atoms with Crippen molar-refractivity contribution in [3.05, 3.63) is 74.9 Å². The summed E-state index contributed by atoms with van der Waals surface area (Å²) in [7, 11) is 0. The molecule has 0 saturated carbocycles. The van der Waals surface area contributed by atoms with Gasteiger partial charge in [0.05, 0.1) is 11.9 Å². The van der Waals surface area contributed by atoms with Crippen LogP contribution in [0.3, 0.4) is 0 Å². The van der Waals surface area contributed by atoms with E-state index in [9.17, 15) is 0 Å². The van der Waals surface area contributed by atoms with Gasteiger partial charge in [0.25, 0.3) is 0 Å². The predicted octanol–water partition coefficient (Wildman–Crippen LogP) is 5.24. The summed E-state index contributed by atoms with van der Waals surface area (Å²) in [6, 6.07) is 16.2. The Labute approximate surface area is 157 Å². The summed E-state index contributed by atoms with van der Waals surface area (Å²) in [4.78, 5) is 5.43. The lowest BCUT2D eigenvalue weighted by Gasteiger charge is -2.04. The first kappa shape index (κ1) is 17.6. The lowest BCUT2D eigenvalue weighted by Crippen LogP contribution is -2.12. The van der Waals surface area contributed by atoms with Gasteiger partial charge in [-0.05, 0) is 36.6 Å². The van der Waals surface area contributed by atoms with Gasteiger partial charge >= 0.3 is 0 Å². The van der Waals surface area contributed by atoms with Gasteiger partial charge in [-0.15, -0.1) is 11.3 Å². The third-order valence-electron chi connectivity index (χ3n) is 3.83. The number of hydrogen-bond acceptors (Lipinski definition) is 3. The molecule has 2 aromatic carbocycles. The van der Waals surface area contributed by atoms with Gasteiger partial charge in [0, 0.05) is 22.5 Å². The third-order valence-corrected chi connectivity index (χ3v) is 4.93. The second-order valence-electron chi connectivity index (χ2n) is 5.54. The van der Waals surface area contributed by atoms with E-state index in [-0.39, 0.29) is 0 Å². The Bertz CT molecular complexity index is 919. The number of aromatic nitrogens is 1. The van der Waals surface area contributed by atoms with Crippen LogP contribution in [0.1, 0.15) is 25.0 Å². The first-order valence-electron chi connectivity index (χ1n) is 8.31. The molecule has 0 aliphatic rings. The molecular formula is C20H20ClN3S. The van der Waals surface area contributed by atoms with Crippen molar-refractivity contribution in [3.8, 4) is 11.3 Å². The normalized spacial score (nSPS) is 12.2. The highest BCUT2D eigenvalue weighted by atomic mass is 35.5. The number of rotatable bonds is 5. The molecule has 25 heavy (non-hydrogen) atoms. The number of benzene rings is 2. The Hall–Kier alpha value is -2.17. The molecule has 1 heterocycles. The second kappa shape index (κ2) is 8.28. The zero-order chi connectivity index (χ0) is 17.6. The van der Waals surface area contributed by atoms with Gasteiger partial charge in [0.15, 0.2) is 0 Å². The fraction of sp³-hybridized carbons (Fsp3) is 0.200. The summed E-state index contributed by atoms with van der Waals surface area (Å²) in [5.41, 5.74) is 4.47. The summed E-state index contributed by atoms with van der Waals surface area (Å²) in [6.45, 7) is 4.90. The Morgan fingerprint density at radius 3 is 2.40 bits per heavy atom. The van der Waals surface area contributed by atoms with Crippen LogP contribution in [-0.2, 0) is 6.42 Å². The molecular weight excluding hydrogens is 350 g/mol. The largest absolute Gasteiger partial charge is 0.258 e. The van der Waals surface area contributed by atoms with E-state index in [0.29, 0.717) is 0 Å².